The molecule has 0 aromatic heterocycles. The summed E-state index contributed by atoms with van der Waals surface area (Å²) < 4.78 is 16.9. The van der Waals surface area contributed by atoms with Crippen molar-refractivity contribution in [1.82, 2.24) is 0 Å². The number of rotatable bonds is 12. The quantitative estimate of drug-likeness (QED) is 0.141. The van der Waals surface area contributed by atoms with Crippen LogP contribution in [0.5, 0.6) is 11.5 Å². The fourth-order valence-corrected chi connectivity index (χ4v) is 11.3. The van der Waals surface area contributed by atoms with E-state index in [0.29, 0.717) is 37.3 Å². The van der Waals surface area contributed by atoms with E-state index in [-0.39, 0.29) is 12.4 Å². The number of aryl methyl sites for hydroxylation is 1. The molecule has 0 fully saturated rings. The molecule has 0 saturated heterocycles. The van der Waals surface area contributed by atoms with E-state index < -0.39 is 5.96 Å². The topological polar surface area (TPSA) is 44.8 Å². The SMILES string of the molecule is CCOC(=O)CCc1cc(OC)c(OCC)cc1CP(Cl)(c1ccccc1)(c1ccccc1)c1ccccc1. The van der Waals surface area contributed by atoms with Gasteiger partial charge in [0, 0.05) is 0 Å². The Balaban J connectivity index is 2.01. The zero-order valence-electron chi connectivity index (χ0n) is 22.8. The summed E-state index contributed by atoms with van der Waals surface area (Å²) in [6.07, 6.45) is 1.30. The van der Waals surface area contributed by atoms with Crippen LogP contribution in [0.4, 0.5) is 0 Å². The predicted octanol–water partition coefficient (Wildman–Crippen LogP) is 6.77. The van der Waals surface area contributed by atoms with E-state index in [1.807, 2.05) is 80.6 Å². The Morgan fingerprint density at radius 1 is 0.718 bits per heavy atom. The number of hydrogen-bond acceptors (Lipinski definition) is 4. The number of benzene rings is 4. The average molecular weight is 563 g/mol. The van der Waals surface area contributed by atoms with Gasteiger partial charge in [-0.15, -0.1) is 0 Å². The summed E-state index contributed by atoms with van der Waals surface area (Å²) in [6.45, 7) is 4.62. The first-order valence-electron chi connectivity index (χ1n) is 13.3. The maximum absolute atomic E-state index is 12.4. The summed E-state index contributed by atoms with van der Waals surface area (Å²) in [4.78, 5) is 12.4. The van der Waals surface area contributed by atoms with Gasteiger partial charge in [0.25, 0.3) is 0 Å². The monoisotopic (exact) mass is 562 g/mol. The molecular formula is C33H36ClO4P. The Morgan fingerprint density at radius 3 is 1.64 bits per heavy atom. The summed E-state index contributed by atoms with van der Waals surface area (Å²) in [6, 6.07) is 35.2. The minimum absolute atomic E-state index is 0.228. The van der Waals surface area contributed by atoms with Crippen molar-refractivity contribution >= 4 is 39.1 Å². The Morgan fingerprint density at radius 2 is 1.21 bits per heavy atom. The second-order valence-electron chi connectivity index (χ2n) is 9.36. The van der Waals surface area contributed by atoms with E-state index >= 15 is 0 Å². The second kappa shape index (κ2) is 12.7. The van der Waals surface area contributed by atoms with Crippen LogP contribution in [0, 0.1) is 0 Å². The van der Waals surface area contributed by atoms with Crippen LogP contribution in [0.25, 0.3) is 0 Å². The molecule has 6 heteroatoms. The van der Waals surface area contributed by atoms with Crippen LogP contribution in [-0.2, 0) is 22.1 Å². The molecule has 204 valence electrons. The van der Waals surface area contributed by atoms with E-state index in [4.69, 9.17) is 25.5 Å². The molecule has 0 N–H and O–H groups in total. The van der Waals surface area contributed by atoms with Gasteiger partial charge in [-0.3, -0.25) is 0 Å². The zero-order valence-corrected chi connectivity index (χ0v) is 24.5. The molecular weight excluding hydrogens is 527 g/mol. The van der Waals surface area contributed by atoms with E-state index in [1.54, 1.807) is 7.11 Å². The van der Waals surface area contributed by atoms with E-state index in [0.717, 1.165) is 27.0 Å². The summed E-state index contributed by atoms with van der Waals surface area (Å²) in [5.41, 5.74) is 2.01. The van der Waals surface area contributed by atoms with Gasteiger partial charge in [-0.25, -0.2) is 0 Å². The van der Waals surface area contributed by atoms with Crippen molar-refractivity contribution in [2.45, 2.75) is 32.9 Å². The van der Waals surface area contributed by atoms with Crippen molar-refractivity contribution < 1.29 is 19.0 Å². The average Bonchev–Trinajstić information content (AvgIpc) is 2.98. The first-order valence-corrected chi connectivity index (χ1v) is 16.6. The number of carbonyl (C=O) groups excluding carboxylic acids is 1. The molecule has 4 aromatic rings. The molecule has 39 heavy (non-hydrogen) atoms. The van der Waals surface area contributed by atoms with E-state index in [1.165, 1.54) is 0 Å². The third kappa shape index (κ3) is 5.83. The molecule has 0 saturated carbocycles. The van der Waals surface area contributed by atoms with Crippen molar-refractivity contribution in [1.29, 1.82) is 0 Å². The van der Waals surface area contributed by atoms with Gasteiger partial charge in [-0.05, 0) is 0 Å². The molecule has 4 rings (SSSR count). The number of carbonyl (C=O) groups is 1. The molecule has 4 nitrogen and oxygen atoms in total. The Bertz CT molecular complexity index is 1280. The van der Waals surface area contributed by atoms with Crippen LogP contribution in [0.3, 0.4) is 0 Å². The maximum atomic E-state index is 12.4. The summed E-state index contributed by atoms with van der Waals surface area (Å²) in [7, 11) is 1.63. The van der Waals surface area contributed by atoms with Crippen molar-refractivity contribution in [3.05, 3.63) is 114 Å². The number of hydrogen-bond donors (Lipinski definition) is 0. The van der Waals surface area contributed by atoms with Crippen molar-refractivity contribution in [3.8, 4) is 11.5 Å². The molecule has 0 aliphatic rings. The first kappa shape index (κ1) is 28.7. The molecule has 0 unspecified atom stereocenters. The predicted molar refractivity (Wildman–Crippen MR) is 164 cm³/mol. The van der Waals surface area contributed by atoms with Crippen LogP contribution in [-0.4, -0.2) is 26.3 Å². The normalized spacial score (nSPS) is 12.3. The van der Waals surface area contributed by atoms with Gasteiger partial charge in [-0.1, -0.05) is 0 Å². The van der Waals surface area contributed by atoms with E-state index in [2.05, 4.69) is 36.4 Å². The fourth-order valence-electron chi connectivity index (χ4n) is 5.18. The molecule has 0 amide bonds. The Hall–Kier alpha value is -3.33. The second-order valence-corrected chi connectivity index (χ2v) is 15.8. The number of methoxy groups -OCH3 is 1. The molecule has 0 radical (unpaired) electrons. The molecule has 0 spiro atoms. The van der Waals surface area contributed by atoms with Gasteiger partial charge in [0.2, 0.25) is 0 Å². The third-order valence-electron chi connectivity index (χ3n) is 7.04. The summed E-state index contributed by atoms with van der Waals surface area (Å²) in [5.74, 6) is -2.54. The van der Waals surface area contributed by atoms with Crippen LogP contribution in [0.15, 0.2) is 103 Å². The third-order valence-corrected chi connectivity index (χ3v) is 14.2. The molecule has 0 atom stereocenters. The molecule has 0 aliphatic carbocycles. The van der Waals surface area contributed by atoms with Gasteiger partial charge >= 0.3 is 237 Å². The zero-order chi connectivity index (χ0) is 27.7. The van der Waals surface area contributed by atoms with Gasteiger partial charge in [-0.2, -0.15) is 0 Å². The molecule has 4 aromatic carbocycles. The molecule has 0 bridgehead atoms. The number of esters is 1. The minimum atomic E-state index is -3.61. The van der Waals surface area contributed by atoms with Gasteiger partial charge in [0.1, 0.15) is 0 Å². The van der Waals surface area contributed by atoms with Gasteiger partial charge in [0.15, 0.2) is 0 Å². The van der Waals surface area contributed by atoms with Crippen LogP contribution in [0.1, 0.15) is 31.4 Å². The fraction of sp³-hybridized carbons (Fsp3) is 0.242. The number of ether oxygens (including phenoxy) is 3. The van der Waals surface area contributed by atoms with Crippen molar-refractivity contribution in [3.63, 3.8) is 0 Å². The van der Waals surface area contributed by atoms with Gasteiger partial charge < -0.3 is 0 Å². The van der Waals surface area contributed by atoms with Crippen LogP contribution >= 0.6 is 17.2 Å². The Labute approximate surface area is 236 Å². The molecule has 0 aliphatic heterocycles. The molecule has 0 heterocycles. The summed E-state index contributed by atoms with van der Waals surface area (Å²) in [5, 5.41) is 3.23. The Kier molecular flexibility index (Phi) is 9.32. The van der Waals surface area contributed by atoms with Gasteiger partial charge in [0.05, 0.1) is 0 Å². The van der Waals surface area contributed by atoms with Crippen molar-refractivity contribution in [2.24, 2.45) is 0 Å². The standard InChI is InChI=1S/C33H36ClO4P/c1-4-37-32-24-27(26(23-31(32)36-3)21-22-33(35)38-5-2)25-39(34,28-15-9-6-10-16-28,29-17-11-7-12-18-29)30-19-13-8-14-20-30/h6-20,23-24H,4-5,21-22,25H2,1-3H3. The van der Waals surface area contributed by atoms with Crippen LogP contribution in [0.2, 0.25) is 0 Å². The number of halogens is 1. The van der Waals surface area contributed by atoms with Crippen molar-refractivity contribution in [2.75, 3.05) is 20.3 Å². The summed E-state index contributed by atoms with van der Waals surface area (Å²) >= 11 is 8.36. The first-order chi connectivity index (χ1) is 18.9. The van der Waals surface area contributed by atoms with Crippen LogP contribution < -0.4 is 25.4 Å². The van der Waals surface area contributed by atoms with E-state index in [9.17, 15) is 4.79 Å².